The third-order valence-electron chi connectivity index (χ3n) is 4.81. The zero-order valence-corrected chi connectivity index (χ0v) is 16.7. The summed E-state index contributed by atoms with van der Waals surface area (Å²) in [5.74, 6) is 0.813. The molecule has 1 amide bonds. The van der Waals surface area contributed by atoms with Gasteiger partial charge in [0.2, 0.25) is 5.91 Å². The van der Waals surface area contributed by atoms with Gasteiger partial charge in [0.05, 0.1) is 7.11 Å². The maximum absolute atomic E-state index is 12.8. The standard InChI is InChI=1S/C19H20ClF3N4O2/c1-12(28)26-5-7-27(8-6-26)14-4-3-13(16(10-14)29-2)9-17-24-11-15(18(20)25-17)19(21,22)23/h3-4,10-11H,5-9H2,1-2H3. The molecular weight excluding hydrogens is 409 g/mol. The van der Waals surface area contributed by atoms with Crippen LogP contribution in [0.2, 0.25) is 5.15 Å². The van der Waals surface area contributed by atoms with E-state index < -0.39 is 16.9 Å². The molecule has 0 saturated carbocycles. The van der Waals surface area contributed by atoms with Gasteiger partial charge in [0.15, 0.2) is 0 Å². The number of amides is 1. The SMILES string of the molecule is COc1cc(N2CCN(C(C)=O)CC2)ccc1Cc1ncc(C(F)(F)F)c(Cl)n1. The van der Waals surface area contributed by atoms with Crippen molar-refractivity contribution in [2.75, 3.05) is 38.2 Å². The van der Waals surface area contributed by atoms with Crippen molar-refractivity contribution in [3.63, 3.8) is 0 Å². The Hall–Kier alpha value is -2.55. The monoisotopic (exact) mass is 428 g/mol. The van der Waals surface area contributed by atoms with Crippen molar-refractivity contribution in [2.45, 2.75) is 19.5 Å². The van der Waals surface area contributed by atoms with Crippen LogP contribution in [0.3, 0.4) is 0 Å². The number of piperazine rings is 1. The number of hydrogen-bond donors (Lipinski definition) is 0. The molecule has 1 aliphatic rings. The van der Waals surface area contributed by atoms with E-state index in [1.165, 1.54) is 7.11 Å². The molecule has 1 fully saturated rings. The predicted octanol–water partition coefficient (Wildman–Crippen LogP) is 3.42. The molecule has 6 nitrogen and oxygen atoms in total. The van der Waals surface area contributed by atoms with Crippen molar-refractivity contribution < 1.29 is 22.7 Å². The Balaban J connectivity index is 1.76. The summed E-state index contributed by atoms with van der Waals surface area (Å²) in [5, 5.41) is -0.624. The van der Waals surface area contributed by atoms with E-state index in [0.717, 1.165) is 11.3 Å². The van der Waals surface area contributed by atoms with Crippen LogP contribution in [0.25, 0.3) is 0 Å². The van der Waals surface area contributed by atoms with Crippen LogP contribution >= 0.6 is 11.6 Å². The first kappa shape index (κ1) is 21.2. The summed E-state index contributed by atoms with van der Waals surface area (Å²) < 4.78 is 43.9. The topological polar surface area (TPSA) is 58.6 Å². The highest BCUT2D eigenvalue weighted by atomic mass is 35.5. The minimum atomic E-state index is -4.60. The molecule has 1 saturated heterocycles. The highest BCUT2D eigenvalue weighted by Crippen LogP contribution is 2.33. The Morgan fingerprint density at radius 3 is 2.48 bits per heavy atom. The van der Waals surface area contributed by atoms with Gasteiger partial charge in [0.1, 0.15) is 22.3 Å². The van der Waals surface area contributed by atoms with E-state index in [2.05, 4.69) is 14.9 Å². The fourth-order valence-electron chi connectivity index (χ4n) is 3.20. The average Bonchev–Trinajstić information content (AvgIpc) is 2.67. The fourth-order valence-corrected chi connectivity index (χ4v) is 3.45. The van der Waals surface area contributed by atoms with Gasteiger partial charge in [-0.1, -0.05) is 17.7 Å². The summed E-state index contributed by atoms with van der Waals surface area (Å²) in [7, 11) is 1.52. The maximum atomic E-state index is 12.8. The maximum Gasteiger partial charge on any atom is 0.420 e. The Bertz CT molecular complexity index is 900. The number of aromatic nitrogens is 2. The third-order valence-corrected chi connectivity index (χ3v) is 5.10. The molecular formula is C19H20ClF3N4O2. The van der Waals surface area contributed by atoms with Gasteiger partial charge in [-0.3, -0.25) is 4.79 Å². The highest BCUT2D eigenvalue weighted by molar-refractivity contribution is 6.30. The van der Waals surface area contributed by atoms with E-state index in [4.69, 9.17) is 16.3 Å². The third kappa shape index (κ3) is 4.90. The molecule has 3 rings (SSSR count). The number of anilines is 1. The van der Waals surface area contributed by atoms with Crippen LogP contribution in [0, 0.1) is 0 Å². The molecule has 0 radical (unpaired) electrons. The number of halogens is 4. The normalized spacial score (nSPS) is 14.8. The number of carbonyl (C=O) groups is 1. The van der Waals surface area contributed by atoms with E-state index >= 15 is 0 Å². The number of rotatable bonds is 4. The molecule has 2 heterocycles. The van der Waals surface area contributed by atoms with Gasteiger partial charge in [-0.25, -0.2) is 9.97 Å². The summed E-state index contributed by atoms with van der Waals surface area (Å²) in [4.78, 5) is 23.0. The number of benzene rings is 1. The molecule has 0 N–H and O–H groups in total. The summed E-state index contributed by atoms with van der Waals surface area (Å²) in [6, 6.07) is 5.61. The number of alkyl halides is 3. The van der Waals surface area contributed by atoms with Gasteiger partial charge in [0.25, 0.3) is 0 Å². The summed E-state index contributed by atoms with van der Waals surface area (Å²) in [5.41, 5.74) is 0.615. The lowest BCUT2D eigenvalue weighted by Crippen LogP contribution is -2.48. The Labute approximate surface area is 171 Å². The average molecular weight is 429 g/mol. The van der Waals surface area contributed by atoms with Gasteiger partial charge in [0, 0.05) is 63.0 Å². The van der Waals surface area contributed by atoms with Crippen LogP contribution in [0.5, 0.6) is 5.75 Å². The molecule has 1 aromatic heterocycles. The van der Waals surface area contributed by atoms with Crippen molar-refractivity contribution in [1.29, 1.82) is 0 Å². The fraction of sp³-hybridized carbons (Fsp3) is 0.421. The molecule has 0 bridgehead atoms. The molecule has 2 aromatic rings. The van der Waals surface area contributed by atoms with Crippen LogP contribution in [0.4, 0.5) is 18.9 Å². The van der Waals surface area contributed by atoms with E-state index in [9.17, 15) is 18.0 Å². The van der Waals surface area contributed by atoms with Crippen LogP contribution in [0.1, 0.15) is 23.9 Å². The number of hydrogen-bond acceptors (Lipinski definition) is 5. The molecule has 29 heavy (non-hydrogen) atoms. The second kappa shape index (κ2) is 8.44. The van der Waals surface area contributed by atoms with E-state index in [0.29, 0.717) is 38.1 Å². The second-order valence-corrected chi connectivity index (χ2v) is 7.01. The lowest BCUT2D eigenvalue weighted by atomic mass is 10.1. The largest absolute Gasteiger partial charge is 0.496 e. The van der Waals surface area contributed by atoms with Gasteiger partial charge in [-0.2, -0.15) is 13.2 Å². The summed E-state index contributed by atoms with van der Waals surface area (Å²) in [6.45, 7) is 4.27. The molecule has 0 spiro atoms. The van der Waals surface area contributed by atoms with Gasteiger partial charge >= 0.3 is 6.18 Å². The summed E-state index contributed by atoms with van der Waals surface area (Å²) in [6.07, 6.45) is -3.72. The Kier molecular flexibility index (Phi) is 6.16. The van der Waals surface area contributed by atoms with Crippen LogP contribution in [-0.2, 0) is 17.4 Å². The molecule has 10 heteroatoms. The lowest BCUT2D eigenvalue weighted by Gasteiger charge is -2.35. The molecule has 0 atom stereocenters. The van der Waals surface area contributed by atoms with Crippen molar-refractivity contribution in [3.05, 3.63) is 46.5 Å². The van der Waals surface area contributed by atoms with Crippen LogP contribution < -0.4 is 9.64 Å². The van der Waals surface area contributed by atoms with E-state index in [-0.39, 0.29) is 18.2 Å². The first-order chi connectivity index (χ1) is 13.7. The van der Waals surface area contributed by atoms with Crippen molar-refractivity contribution in [3.8, 4) is 5.75 Å². The predicted molar refractivity (Wildman–Crippen MR) is 102 cm³/mol. The van der Waals surface area contributed by atoms with Crippen LogP contribution in [-0.4, -0.2) is 54.1 Å². The minimum absolute atomic E-state index is 0.0628. The number of carbonyl (C=O) groups excluding carboxylic acids is 1. The van der Waals surface area contributed by atoms with Gasteiger partial charge in [-0.05, 0) is 6.07 Å². The zero-order valence-electron chi connectivity index (χ0n) is 16.0. The van der Waals surface area contributed by atoms with Crippen molar-refractivity contribution in [1.82, 2.24) is 14.9 Å². The molecule has 0 unspecified atom stereocenters. The van der Waals surface area contributed by atoms with Gasteiger partial charge < -0.3 is 14.5 Å². The molecule has 1 aromatic carbocycles. The van der Waals surface area contributed by atoms with E-state index in [1.54, 1.807) is 11.8 Å². The lowest BCUT2D eigenvalue weighted by molar-refractivity contribution is -0.138. The summed E-state index contributed by atoms with van der Waals surface area (Å²) >= 11 is 5.68. The number of nitrogens with zero attached hydrogens (tertiary/aromatic N) is 4. The number of methoxy groups -OCH3 is 1. The highest BCUT2D eigenvalue weighted by Gasteiger charge is 2.34. The molecule has 0 aliphatic carbocycles. The molecule has 1 aliphatic heterocycles. The minimum Gasteiger partial charge on any atom is -0.496 e. The van der Waals surface area contributed by atoms with Crippen molar-refractivity contribution in [2.24, 2.45) is 0 Å². The quantitative estimate of drug-likeness (QED) is 0.698. The number of ether oxygens (including phenoxy) is 1. The first-order valence-corrected chi connectivity index (χ1v) is 9.33. The molecule has 156 valence electrons. The Morgan fingerprint density at radius 2 is 1.93 bits per heavy atom. The van der Waals surface area contributed by atoms with Gasteiger partial charge in [-0.15, -0.1) is 0 Å². The van der Waals surface area contributed by atoms with Crippen LogP contribution in [0.15, 0.2) is 24.4 Å². The Morgan fingerprint density at radius 1 is 1.24 bits per heavy atom. The van der Waals surface area contributed by atoms with E-state index in [1.807, 2.05) is 18.2 Å². The smallest absolute Gasteiger partial charge is 0.420 e. The second-order valence-electron chi connectivity index (χ2n) is 6.65. The first-order valence-electron chi connectivity index (χ1n) is 8.95. The zero-order chi connectivity index (χ0) is 21.2. The van der Waals surface area contributed by atoms with Crippen molar-refractivity contribution >= 4 is 23.2 Å².